The summed E-state index contributed by atoms with van der Waals surface area (Å²) in [5, 5.41) is 5.47. The first kappa shape index (κ1) is 21.5. The molecule has 0 fully saturated rings. The molecule has 1 aromatic rings. The molecule has 0 aliphatic carbocycles. The standard InChI is InChI=1S/C19H31N3O2S/c1-2-18(23)21-16-12-11-13-17(20-16)22-19(24)14-9-7-5-3-4-6-8-10-15-25/h11-13,25H,2-10,14-15H2,1H3,(H2,20,21,22,23,24). The highest BCUT2D eigenvalue weighted by Crippen LogP contribution is 2.12. The first-order chi connectivity index (χ1) is 12.2. The fraction of sp³-hybridized carbons (Fsp3) is 0.632. The topological polar surface area (TPSA) is 71.1 Å². The van der Waals surface area contributed by atoms with E-state index >= 15 is 0 Å². The normalized spacial score (nSPS) is 10.5. The van der Waals surface area contributed by atoms with Gasteiger partial charge in [-0.1, -0.05) is 51.5 Å². The lowest BCUT2D eigenvalue weighted by Gasteiger charge is -2.07. The van der Waals surface area contributed by atoms with E-state index in [1.807, 2.05) is 0 Å². The summed E-state index contributed by atoms with van der Waals surface area (Å²) in [6.45, 7) is 1.78. The van der Waals surface area contributed by atoms with Crippen LogP contribution in [0.25, 0.3) is 0 Å². The van der Waals surface area contributed by atoms with Crippen LogP contribution in [-0.4, -0.2) is 22.6 Å². The minimum atomic E-state index is -0.0957. The van der Waals surface area contributed by atoms with Crippen LogP contribution < -0.4 is 10.6 Å². The Morgan fingerprint density at radius 2 is 1.40 bits per heavy atom. The van der Waals surface area contributed by atoms with Crippen molar-refractivity contribution < 1.29 is 9.59 Å². The molecule has 0 radical (unpaired) electrons. The van der Waals surface area contributed by atoms with Gasteiger partial charge in [-0.3, -0.25) is 9.59 Å². The van der Waals surface area contributed by atoms with Gasteiger partial charge in [0.25, 0.3) is 0 Å². The molecule has 5 nitrogen and oxygen atoms in total. The van der Waals surface area contributed by atoms with Crippen LogP contribution in [0, 0.1) is 0 Å². The van der Waals surface area contributed by atoms with Crippen molar-refractivity contribution in [1.82, 2.24) is 4.98 Å². The number of hydrogen-bond donors (Lipinski definition) is 3. The van der Waals surface area contributed by atoms with Crippen molar-refractivity contribution >= 4 is 36.1 Å². The van der Waals surface area contributed by atoms with Gasteiger partial charge in [-0.05, 0) is 30.7 Å². The first-order valence-electron chi connectivity index (χ1n) is 9.33. The molecule has 2 amide bonds. The highest BCUT2D eigenvalue weighted by Gasteiger charge is 2.05. The smallest absolute Gasteiger partial charge is 0.225 e. The Kier molecular flexibility index (Phi) is 11.8. The summed E-state index contributed by atoms with van der Waals surface area (Å²) in [5.41, 5.74) is 0. The predicted octanol–water partition coefficient (Wildman–Crippen LogP) is 4.81. The minimum Gasteiger partial charge on any atom is -0.311 e. The molecule has 0 aliphatic rings. The molecule has 1 heterocycles. The third kappa shape index (κ3) is 10.8. The molecule has 0 atom stereocenters. The third-order valence-electron chi connectivity index (χ3n) is 3.92. The second-order valence-electron chi connectivity index (χ2n) is 6.16. The van der Waals surface area contributed by atoms with Gasteiger partial charge < -0.3 is 10.6 Å². The van der Waals surface area contributed by atoms with E-state index in [0.717, 1.165) is 18.6 Å². The van der Waals surface area contributed by atoms with Crippen LogP contribution in [-0.2, 0) is 9.59 Å². The largest absolute Gasteiger partial charge is 0.311 e. The molecule has 0 spiro atoms. The average molecular weight is 366 g/mol. The van der Waals surface area contributed by atoms with Gasteiger partial charge in [0.2, 0.25) is 11.8 Å². The van der Waals surface area contributed by atoms with Crippen LogP contribution in [0.2, 0.25) is 0 Å². The van der Waals surface area contributed by atoms with Crippen molar-refractivity contribution in [3.05, 3.63) is 18.2 Å². The van der Waals surface area contributed by atoms with Crippen molar-refractivity contribution in [3.8, 4) is 0 Å². The molecule has 0 aromatic carbocycles. The van der Waals surface area contributed by atoms with E-state index in [9.17, 15) is 9.59 Å². The number of amides is 2. The molecular formula is C19H31N3O2S. The molecule has 0 unspecified atom stereocenters. The summed E-state index contributed by atoms with van der Waals surface area (Å²) in [5.74, 6) is 1.80. The maximum Gasteiger partial charge on any atom is 0.225 e. The van der Waals surface area contributed by atoms with Gasteiger partial charge in [0, 0.05) is 12.8 Å². The van der Waals surface area contributed by atoms with Crippen LogP contribution in [0.5, 0.6) is 0 Å². The van der Waals surface area contributed by atoms with Crippen molar-refractivity contribution in [2.75, 3.05) is 16.4 Å². The lowest BCUT2D eigenvalue weighted by Crippen LogP contribution is -2.14. The Labute approximate surface area is 156 Å². The fourth-order valence-corrected chi connectivity index (χ4v) is 2.69. The number of unbranched alkanes of at least 4 members (excludes halogenated alkanes) is 7. The second kappa shape index (κ2) is 13.7. The van der Waals surface area contributed by atoms with Crippen LogP contribution >= 0.6 is 12.6 Å². The maximum absolute atomic E-state index is 12.0. The number of nitrogens with zero attached hydrogens (tertiary/aromatic N) is 1. The number of anilines is 2. The van der Waals surface area contributed by atoms with E-state index in [-0.39, 0.29) is 11.8 Å². The van der Waals surface area contributed by atoms with Crippen molar-refractivity contribution in [3.63, 3.8) is 0 Å². The number of pyridine rings is 1. The van der Waals surface area contributed by atoms with E-state index in [2.05, 4.69) is 28.2 Å². The molecule has 2 N–H and O–H groups in total. The molecule has 1 aromatic heterocycles. The Morgan fingerprint density at radius 3 is 1.96 bits per heavy atom. The average Bonchev–Trinajstić information content (AvgIpc) is 2.60. The Balaban J connectivity index is 2.16. The van der Waals surface area contributed by atoms with Gasteiger partial charge in [0.15, 0.2) is 0 Å². The molecule has 0 aliphatic heterocycles. The zero-order valence-electron chi connectivity index (χ0n) is 15.2. The van der Waals surface area contributed by atoms with Gasteiger partial charge in [0.05, 0.1) is 0 Å². The number of thiol groups is 1. The van der Waals surface area contributed by atoms with Crippen LogP contribution in [0.4, 0.5) is 11.6 Å². The third-order valence-corrected chi connectivity index (χ3v) is 4.23. The molecular weight excluding hydrogens is 334 g/mol. The lowest BCUT2D eigenvalue weighted by molar-refractivity contribution is -0.116. The molecule has 140 valence electrons. The van der Waals surface area contributed by atoms with Crippen molar-refractivity contribution in [2.45, 2.75) is 71.1 Å². The number of rotatable bonds is 13. The molecule has 25 heavy (non-hydrogen) atoms. The molecule has 6 heteroatoms. The van der Waals surface area contributed by atoms with E-state index < -0.39 is 0 Å². The summed E-state index contributed by atoms with van der Waals surface area (Å²) in [7, 11) is 0. The Hall–Kier alpha value is -1.56. The van der Waals surface area contributed by atoms with E-state index in [1.54, 1.807) is 25.1 Å². The maximum atomic E-state index is 12.0. The Bertz CT molecular complexity index is 523. The summed E-state index contributed by atoms with van der Waals surface area (Å²) in [6.07, 6.45) is 10.4. The lowest BCUT2D eigenvalue weighted by atomic mass is 10.1. The van der Waals surface area contributed by atoms with Gasteiger partial charge in [0.1, 0.15) is 11.6 Å². The number of hydrogen-bond acceptors (Lipinski definition) is 4. The number of nitrogens with one attached hydrogen (secondary N) is 2. The number of aromatic nitrogens is 1. The van der Waals surface area contributed by atoms with Gasteiger partial charge in [-0.2, -0.15) is 12.6 Å². The zero-order valence-corrected chi connectivity index (χ0v) is 16.1. The zero-order chi connectivity index (χ0) is 18.3. The van der Waals surface area contributed by atoms with E-state index in [1.165, 1.54) is 38.5 Å². The molecule has 1 rings (SSSR count). The summed E-state index contributed by atoms with van der Waals surface area (Å²) < 4.78 is 0. The fourth-order valence-electron chi connectivity index (χ4n) is 2.47. The highest BCUT2D eigenvalue weighted by atomic mass is 32.1. The van der Waals surface area contributed by atoms with Crippen LogP contribution in [0.3, 0.4) is 0 Å². The number of carbonyl (C=O) groups is 2. The number of carbonyl (C=O) groups excluding carboxylic acids is 2. The summed E-state index contributed by atoms with van der Waals surface area (Å²) in [4.78, 5) is 27.6. The quantitative estimate of drug-likeness (QED) is 0.347. The second-order valence-corrected chi connectivity index (χ2v) is 6.61. The van der Waals surface area contributed by atoms with Crippen LogP contribution in [0.1, 0.15) is 71.1 Å². The Morgan fingerprint density at radius 1 is 0.880 bits per heavy atom. The van der Waals surface area contributed by atoms with Gasteiger partial charge in [-0.15, -0.1) is 0 Å². The SMILES string of the molecule is CCC(=O)Nc1cccc(NC(=O)CCCCCCCCCCS)n1. The molecule has 0 saturated heterocycles. The van der Waals surface area contributed by atoms with Crippen molar-refractivity contribution in [1.29, 1.82) is 0 Å². The van der Waals surface area contributed by atoms with E-state index in [4.69, 9.17) is 0 Å². The molecule has 0 bridgehead atoms. The molecule has 0 saturated carbocycles. The van der Waals surface area contributed by atoms with E-state index in [0.29, 0.717) is 24.5 Å². The predicted molar refractivity (Wildman–Crippen MR) is 107 cm³/mol. The highest BCUT2D eigenvalue weighted by molar-refractivity contribution is 7.80. The first-order valence-corrected chi connectivity index (χ1v) is 9.96. The minimum absolute atomic E-state index is 0.0275. The summed E-state index contributed by atoms with van der Waals surface area (Å²) in [6, 6.07) is 5.20. The summed E-state index contributed by atoms with van der Waals surface area (Å²) >= 11 is 4.21. The van der Waals surface area contributed by atoms with Crippen LogP contribution in [0.15, 0.2) is 18.2 Å². The van der Waals surface area contributed by atoms with Gasteiger partial charge >= 0.3 is 0 Å². The van der Waals surface area contributed by atoms with Gasteiger partial charge in [-0.25, -0.2) is 4.98 Å². The monoisotopic (exact) mass is 365 g/mol. The van der Waals surface area contributed by atoms with Crippen molar-refractivity contribution in [2.24, 2.45) is 0 Å².